The third kappa shape index (κ3) is 5.50. The van der Waals surface area contributed by atoms with Crippen LogP contribution in [0.25, 0.3) is 0 Å². The average molecular weight is 219 g/mol. The summed E-state index contributed by atoms with van der Waals surface area (Å²) in [4.78, 5) is 32.1. The number of ether oxygens (including phenoxy) is 1. The molecule has 0 rings (SSSR count). The highest BCUT2D eigenvalue weighted by Crippen LogP contribution is 2.09. The second-order valence-corrected chi connectivity index (χ2v) is 3.74. The SMILES string of the molecule is CC(C)(C)OC(=O)N(CC(=O)O)C(=O)O. The molecule has 0 unspecified atom stereocenters. The van der Waals surface area contributed by atoms with Gasteiger partial charge in [0, 0.05) is 0 Å². The number of nitrogens with zero attached hydrogens (tertiary/aromatic N) is 1. The Kier molecular flexibility index (Phi) is 4.07. The van der Waals surface area contributed by atoms with Gasteiger partial charge in [-0.3, -0.25) is 4.79 Å². The van der Waals surface area contributed by atoms with Gasteiger partial charge in [0.25, 0.3) is 0 Å². The van der Waals surface area contributed by atoms with Crippen molar-refractivity contribution in [3.63, 3.8) is 0 Å². The molecule has 86 valence electrons. The summed E-state index contributed by atoms with van der Waals surface area (Å²) in [6.07, 6.45) is -2.86. The first-order valence-corrected chi connectivity index (χ1v) is 4.08. The lowest BCUT2D eigenvalue weighted by molar-refractivity contribution is -0.137. The van der Waals surface area contributed by atoms with E-state index in [0.29, 0.717) is 0 Å². The normalized spacial score (nSPS) is 10.6. The maximum absolute atomic E-state index is 11.2. The minimum atomic E-state index is -1.66. The first-order valence-electron chi connectivity index (χ1n) is 4.08. The van der Waals surface area contributed by atoms with Gasteiger partial charge < -0.3 is 14.9 Å². The summed E-state index contributed by atoms with van der Waals surface area (Å²) < 4.78 is 4.70. The van der Waals surface area contributed by atoms with E-state index in [2.05, 4.69) is 0 Å². The molecule has 0 heterocycles. The molecular weight excluding hydrogens is 206 g/mol. The topological polar surface area (TPSA) is 104 Å². The van der Waals surface area contributed by atoms with Crippen LogP contribution in [0.4, 0.5) is 9.59 Å². The van der Waals surface area contributed by atoms with Gasteiger partial charge in [0.1, 0.15) is 12.1 Å². The van der Waals surface area contributed by atoms with E-state index in [1.54, 1.807) is 20.8 Å². The van der Waals surface area contributed by atoms with Crippen molar-refractivity contribution in [3.8, 4) is 0 Å². The molecule has 0 spiro atoms. The number of rotatable bonds is 2. The monoisotopic (exact) mass is 219 g/mol. The molecule has 0 aromatic carbocycles. The van der Waals surface area contributed by atoms with Crippen molar-refractivity contribution >= 4 is 18.2 Å². The van der Waals surface area contributed by atoms with Crippen molar-refractivity contribution in [3.05, 3.63) is 0 Å². The summed E-state index contributed by atoms with van der Waals surface area (Å²) in [5.74, 6) is -1.43. The minimum absolute atomic E-state index is 0.0909. The van der Waals surface area contributed by atoms with E-state index in [9.17, 15) is 14.4 Å². The quantitative estimate of drug-likeness (QED) is 0.717. The van der Waals surface area contributed by atoms with Crippen molar-refractivity contribution in [1.82, 2.24) is 4.90 Å². The van der Waals surface area contributed by atoms with E-state index in [1.807, 2.05) is 0 Å². The minimum Gasteiger partial charge on any atom is -0.480 e. The van der Waals surface area contributed by atoms with Crippen LogP contribution in [0.3, 0.4) is 0 Å². The van der Waals surface area contributed by atoms with Crippen molar-refractivity contribution in [2.45, 2.75) is 26.4 Å². The Bertz CT molecular complexity index is 279. The van der Waals surface area contributed by atoms with Crippen molar-refractivity contribution in [2.75, 3.05) is 6.54 Å². The highest BCUT2D eigenvalue weighted by molar-refractivity contribution is 5.90. The molecule has 0 fully saturated rings. The lowest BCUT2D eigenvalue weighted by Gasteiger charge is -2.23. The fourth-order valence-electron chi connectivity index (χ4n) is 0.663. The van der Waals surface area contributed by atoms with E-state index >= 15 is 0 Å². The zero-order valence-corrected chi connectivity index (χ0v) is 8.68. The number of hydrogen-bond donors (Lipinski definition) is 2. The zero-order valence-electron chi connectivity index (χ0n) is 8.68. The third-order valence-corrected chi connectivity index (χ3v) is 1.14. The summed E-state index contributed by atoms with van der Waals surface area (Å²) in [7, 11) is 0. The van der Waals surface area contributed by atoms with Crippen molar-refractivity contribution in [2.24, 2.45) is 0 Å². The van der Waals surface area contributed by atoms with Crippen LogP contribution < -0.4 is 0 Å². The lowest BCUT2D eigenvalue weighted by Crippen LogP contribution is -2.42. The number of carbonyl (C=O) groups excluding carboxylic acids is 1. The Balaban J connectivity index is 4.57. The van der Waals surface area contributed by atoms with Crippen LogP contribution >= 0.6 is 0 Å². The molecule has 15 heavy (non-hydrogen) atoms. The molecule has 0 aliphatic heterocycles. The van der Waals surface area contributed by atoms with Gasteiger partial charge in [-0.1, -0.05) is 0 Å². The number of imide groups is 1. The molecule has 0 saturated heterocycles. The fourth-order valence-corrected chi connectivity index (χ4v) is 0.663. The lowest BCUT2D eigenvalue weighted by atomic mass is 10.2. The van der Waals surface area contributed by atoms with Gasteiger partial charge in [0.05, 0.1) is 0 Å². The van der Waals surface area contributed by atoms with E-state index in [1.165, 1.54) is 0 Å². The number of carbonyl (C=O) groups is 3. The van der Waals surface area contributed by atoms with E-state index in [-0.39, 0.29) is 4.90 Å². The Morgan fingerprint density at radius 2 is 1.67 bits per heavy atom. The van der Waals surface area contributed by atoms with Gasteiger partial charge in [-0.2, -0.15) is 0 Å². The number of carboxylic acids is 1. The molecule has 0 atom stereocenters. The van der Waals surface area contributed by atoms with Gasteiger partial charge in [0.2, 0.25) is 0 Å². The van der Waals surface area contributed by atoms with Crippen molar-refractivity contribution in [1.29, 1.82) is 0 Å². The van der Waals surface area contributed by atoms with Gasteiger partial charge in [-0.15, -0.1) is 0 Å². The number of aliphatic carboxylic acids is 1. The van der Waals surface area contributed by atoms with Gasteiger partial charge in [-0.25, -0.2) is 14.5 Å². The maximum atomic E-state index is 11.2. The predicted molar refractivity (Wildman–Crippen MR) is 48.6 cm³/mol. The van der Waals surface area contributed by atoms with E-state index in [4.69, 9.17) is 14.9 Å². The predicted octanol–water partition coefficient (Wildman–Crippen LogP) is 0.986. The van der Waals surface area contributed by atoms with Crippen LogP contribution in [0.15, 0.2) is 0 Å². The van der Waals surface area contributed by atoms with E-state index in [0.717, 1.165) is 0 Å². The highest BCUT2D eigenvalue weighted by atomic mass is 16.6. The second kappa shape index (κ2) is 4.63. The van der Waals surface area contributed by atoms with E-state index < -0.39 is 30.3 Å². The largest absolute Gasteiger partial charge is 0.480 e. The first-order chi connectivity index (χ1) is 6.63. The molecule has 0 bridgehead atoms. The molecule has 7 nitrogen and oxygen atoms in total. The van der Waals surface area contributed by atoms with Crippen molar-refractivity contribution < 1.29 is 29.3 Å². The Labute approximate surface area is 86.2 Å². The van der Waals surface area contributed by atoms with Crippen LogP contribution in [-0.4, -0.2) is 45.4 Å². The third-order valence-electron chi connectivity index (χ3n) is 1.14. The zero-order chi connectivity index (χ0) is 12.2. The smallest absolute Gasteiger partial charge is 0.420 e. The molecule has 0 aromatic heterocycles. The molecule has 0 radical (unpaired) electrons. The fraction of sp³-hybridized carbons (Fsp3) is 0.625. The Morgan fingerprint density at radius 1 is 1.20 bits per heavy atom. The summed E-state index contributed by atoms with van der Waals surface area (Å²) >= 11 is 0. The second-order valence-electron chi connectivity index (χ2n) is 3.74. The van der Waals surface area contributed by atoms with Crippen LogP contribution in [0.5, 0.6) is 0 Å². The average Bonchev–Trinajstić information content (AvgIpc) is 1.95. The molecule has 0 aliphatic carbocycles. The standard InChI is InChI=1S/C8H13NO6/c1-8(2,3)15-7(14)9(6(12)13)4-5(10)11/h4H2,1-3H3,(H,10,11)(H,12,13). The molecular formula is C8H13NO6. The van der Waals surface area contributed by atoms with Crippen LogP contribution in [0, 0.1) is 0 Å². The Hall–Kier alpha value is -1.79. The first kappa shape index (κ1) is 13.2. The summed E-state index contributed by atoms with van der Waals surface area (Å²) in [5.41, 5.74) is -0.872. The van der Waals surface area contributed by atoms with Crippen LogP contribution in [-0.2, 0) is 9.53 Å². The summed E-state index contributed by atoms with van der Waals surface area (Å²) in [5, 5.41) is 16.9. The highest BCUT2D eigenvalue weighted by Gasteiger charge is 2.28. The maximum Gasteiger partial charge on any atom is 0.420 e. The number of carboxylic acid groups (broad SMARTS) is 2. The molecule has 2 amide bonds. The number of amides is 2. The molecule has 7 heteroatoms. The van der Waals surface area contributed by atoms with Gasteiger partial charge in [0.15, 0.2) is 0 Å². The van der Waals surface area contributed by atoms with Gasteiger partial charge in [-0.05, 0) is 20.8 Å². The van der Waals surface area contributed by atoms with Gasteiger partial charge >= 0.3 is 18.2 Å². The van der Waals surface area contributed by atoms with Crippen LogP contribution in [0.1, 0.15) is 20.8 Å². The Morgan fingerprint density at radius 3 is 1.93 bits per heavy atom. The number of hydrogen-bond acceptors (Lipinski definition) is 4. The molecule has 2 N–H and O–H groups in total. The van der Waals surface area contributed by atoms with Crippen LogP contribution in [0.2, 0.25) is 0 Å². The molecule has 0 aliphatic rings. The summed E-state index contributed by atoms with van der Waals surface area (Å²) in [6.45, 7) is 3.70. The summed E-state index contributed by atoms with van der Waals surface area (Å²) in [6, 6.07) is 0. The molecule has 0 aromatic rings. The molecule has 0 saturated carbocycles.